The highest BCUT2D eigenvalue weighted by Crippen LogP contribution is 2.43. The first-order valence-corrected chi connectivity index (χ1v) is 4.73. The van der Waals surface area contributed by atoms with E-state index >= 15 is 0 Å². The Morgan fingerprint density at radius 2 is 1.94 bits per heavy atom. The van der Waals surface area contributed by atoms with Crippen LogP contribution in [0, 0.1) is 22.9 Å². The number of nitrogens with zero attached hydrogens (tertiary/aromatic N) is 1. The molecule has 0 radical (unpaired) electrons. The number of halogens is 4. The molecule has 0 saturated carbocycles. The van der Waals surface area contributed by atoms with Gasteiger partial charge in [0.15, 0.2) is 0 Å². The Kier molecular flexibility index (Phi) is 3.41. The zero-order valence-corrected chi connectivity index (χ0v) is 8.66. The molecule has 0 fully saturated rings. The largest absolute Gasteiger partial charge is 0.446 e. The van der Waals surface area contributed by atoms with Crippen LogP contribution in [0.15, 0.2) is 17.0 Å². The van der Waals surface area contributed by atoms with Crippen LogP contribution in [0.25, 0.3) is 0 Å². The van der Waals surface area contributed by atoms with Gasteiger partial charge >= 0.3 is 5.51 Å². The molecule has 0 atom stereocenters. The lowest BCUT2D eigenvalue weighted by Crippen LogP contribution is -2.04. The molecule has 8 heteroatoms. The Hall–Kier alpha value is -1.31. The van der Waals surface area contributed by atoms with Gasteiger partial charge in [-0.1, -0.05) is 0 Å². The molecule has 3 nitrogen and oxygen atoms in total. The molecule has 0 spiro atoms. The molecule has 1 rings (SSSR count). The molecule has 0 aromatic heterocycles. The van der Waals surface area contributed by atoms with Gasteiger partial charge in [-0.05, 0) is 30.8 Å². The standard InChI is InChI=1S/C8H5F4NO2S/c1-4-2-3-5(9)7(6(4)13(14)15)16-8(10,11)12/h2-3H,1H3. The van der Waals surface area contributed by atoms with Crippen LogP contribution in [0.4, 0.5) is 23.2 Å². The van der Waals surface area contributed by atoms with Crippen molar-refractivity contribution in [3.8, 4) is 0 Å². The maximum Gasteiger partial charge on any atom is 0.446 e. The molecular weight excluding hydrogens is 250 g/mol. The summed E-state index contributed by atoms with van der Waals surface area (Å²) in [6.07, 6.45) is 0. The summed E-state index contributed by atoms with van der Waals surface area (Å²) in [5, 5.41) is 10.5. The van der Waals surface area contributed by atoms with Crippen LogP contribution < -0.4 is 0 Å². The second kappa shape index (κ2) is 4.28. The van der Waals surface area contributed by atoms with Crippen LogP contribution in [0.5, 0.6) is 0 Å². The highest BCUT2D eigenvalue weighted by molar-refractivity contribution is 8.00. The van der Waals surface area contributed by atoms with Crippen molar-refractivity contribution in [2.45, 2.75) is 17.3 Å². The molecule has 0 aliphatic rings. The molecule has 0 bridgehead atoms. The molecule has 16 heavy (non-hydrogen) atoms. The number of nitro benzene ring substituents is 1. The molecule has 1 aromatic carbocycles. The van der Waals surface area contributed by atoms with Crippen LogP contribution >= 0.6 is 11.8 Å². The van der Waals surface area contributed by atoms with Gasteiger partial charge in [0, 0.05) is 5.56 Å². The number of benzene rings is 1. The van der Waals surface area contributed by atoms with Crippen molar-refractivity contribution in [3.63, 3.8) is 0 Å². The average Bonchev–Trinajstić information content (AvgIpc) is 2.08. The van der Waals surface area contributed by atoms with Crippen molar-refractivity contribution in [2.24, 2.45) is 0 Å². The molecule has 0 aliphatic heterocycles. The van der Waals surface area contributed by atoms with Crippen LogP contribution in [-0.4, -0.2) is 10.4 Å². The Labute approximate surface area is 91.6 Å². The Balaban J connectivity index is 3.35. The van der Waals surface area contributed by atoms with E-state index in [2.05, 4.69) is 0 Å². The van der Waals surface area contributed by atoms with E-state index in [1.807, 2.05) is 0 Å². The van der Waals surface area contributed by atoms with E-state index in [0.29, 0.717) is 0 Å². The van der Waals surface area contributed by atoms with Crippen LogP contribution in [-0.2, 0) is 0 Å². The van der Waals surface area contributed by atoms with Gasteiger partial charge in [0.25, 0.3) is 5.69 Å². The normalized spacial score (nSPS) is 11.6. The molecular formula is C8H5F4NO2S. The molecule has 88 valence electrons. The first-order valence-electron chi connectivity index (χ1n) is 3.91. The van der Waals surface area contributed by atoms with Crippen LogP contribution in [0.3, 0.4) is 0 Å². The predicted octanol–water partition coefficient (Wildman–Crippen LogP) is 3.65. The molecule has 0 aliphatic carbocycles. The van der Waals surface area contributed by atoms with Gasteiger partial charge in [-0.2, -0.15) is 13.2 Å². The Morgan fingerprint density at radius 1 is 1.38 bits per heavy atom. The fraction of sp³-hybridized carbons (Fsp3) is 0.250. The minimum atomic E-state index is -4.76. The summed E-state index contributed by atoms with van der Waals surface area (Å²) in [4.78, 5) is 8.52. The van der Waals surface area contributed by atoms with Crippen molar-refractivity contribution >= 4 is 17.4 Å². The smallest absolute Gasteiger partial charge is 0.258 e. The first-order chi connectivity index (χ1) is 7.22. The number of rotatable bonds is 2. The minimum Gasteiger partial charge on any atom is -0.258 e. The van der Waals surface area contributed by atoms with Gasteiger partial charge in [-0.3, -0.25) is 10.1 Å². The fourth-order valence-corrected chi connectivity index (χ4v) is 1.81. The van der Waals surface area contributed by atoms with Gasteiger partial charge in [0.1, 0.15) is 10.7 Å². The van der Waals surface area contributed by atoms with Gasteiger partial charge in [0.2, 0.25) is 0 Å². The monoisotopic (exact) mass is 255 g/mol. The molecule has 0 saturated heterocycles. The number of aryl methyl sites for hydroxylation is 1. The Morgan fingerprint density at radius 3 is 2.38 bits per heavy atom. The quantitative estimate of drug-likeness (QED) is 0.350. The van der Waals surface area contributed by atoms with Crippen molar-refractivity contribution in [3.05, 3.63) is 33.6 Å². The lowest BCUT2D eigenvalue weighted by atomic mass is 10.2. The van der Waals surface area contributed by atoms with E-state index < -0.39 is 38.6 Å². The predicted molar refractivity (Wildman–Crippen MR) is 49.7 cm³/mol. The number of hydrogen-bond donors (Lipinski definition) is 0. The van der Waals surface area contributed by atoms with E-state index in [-0.39, 0.29) is 5.56 Å². The lowest BCUT2D eigenvalue weighted by molar-refractivity contribution is -0.388. The third-order valence-corrected chi connectivity index (χ3v) is 2.51. The summed E-state index contributed by atoms with van der Waals surface area (Å²) < 4.78 is 49.3. The van der Waals surface area contributed by atoms with Crippen molar-refractivity contribution in [1.82, 2.24) is 0 Å². The molecule has 0 amide bonds. The second-order valence-corrected chi connectivity index (χ2v) is 3.92. The number of alkyl halides is 3. The number of nitro groups is 1. The number of thioether (sulfide) groups is 1. The third-order valence-electron chi connectivity index (χ3n) is 1.69. The third kappa shape index (κ3) is 2.84. The summed E-state index contributed by atoms with van der Waals surface area (Å²) in [5.74, 6) is -1.25. The van der Waals surface area contributed by atoms with Gasteiger partial charge in [-0.25, -0.2) is 4.39 Å². The molecule has 0 unspecified atom stereocenters. The van der Waals surface area contributed by atoms with Gasteiger partial charge in [0.05, 0.1) is 4.92 Å². The topological polar surface area (TPSA) is 43.1 Å². The van der Waals surface area contributed by atoms with E-state index in [0.717, 1.165) is 12.1 Å². The zero-order valence-electron chi connectivity index (χ0n) is 7.84. The molecule has 1 aromatic rings. The highest BCUT2D eigenvalue weighted by atomic mass is 32.2. The van der Waals surface area contributed by atoms with E-state index in [1.54, 1.807) is 0 Å². The van der Waals surface area contributed by atoms with Crippen molar-refractivity contribution < 1.29 is 22.5 Å². The maximum atomic E-state index is 13.1. The summed E-state index contributed by atoms with van der Waals surface area (Å²) in [5.41, 5.74) is -5.63. The van der Waals surface area contributed by atoms with Gasteiger partial charge in [-0.15, -0.1) is 0 Å². The molecule has 0 heterocycles. The van der Waals surface area contributed by atoms with E-state index in [4.69, 9.17) is 0 Å². The first kappa shape index (κ1) is 12.8. The zero-order chi connectivity index (χ0) is 12.5. The maximum absolute atomic E-state index is 13.1. The van der Waals surface area contributed by atoms with Crippen molar-refractivity contribution in [2.75, 3.05) is 0 Å². The summed E-state index contributed by atoms with van der Waals surface area (Å²) in [7, 11) is 0. The fourth-order valence-electron chi connectivity index (χ4n) is 1.08. The summed E-state index contributed by atoms with van der Waals surface area (Å²) >= 11 is -0.820. The highest BCUT2D eigenvalue weighted by Gasteiger charge is 2.35. The average molecular weight is 255 g/mol. The SMILES string of the molecule is Cc1ccc(F)c(SC(F)(F)F)c1[N+](=O)[O-]. The van der Waals surface area contributed by atoms with E-state index in [1.165, 1.54) is 6.92 Å². The van der Waals surface area contributed by atoms with Crippen LogP contribution in [0.1, 0.15) is 5.56 Å². The van der Waals surface area contributed by atoms with E-state index in [9.17, 15) is 27.7 Å². The second-order valence-electron chi connectivity index (χ2n) is 2.85. The van der Waals surface area contributed by atoms with Crippen molar-refractivity contribution in [1.29, 1.82) is 0 Å². The summed E-state index contributed by atoms with van der Waals surface area (Å²) in [6, 6.07) is 1.84. The Bertz CT molecular complexity index is 433. The molecule has 0 N–H and O–H groups in total. The number of hydrogen-bond acceptors (Lipinski definition) is 3. The lowest BCUT2D eigenvalue weighted by Gasteiger charge is -2.08. The van der Waals surface area contributed by atoms with Gasteiger partial charge < -0.3 is 0 Å². The minimum absolute atomic E-state index is 0.0156. The van der Waals surface area contributed by atoms with Crippen LogP contribution in [0.2, 0.25) is 0 Å². The summed E-state index contributed by atoms with van der Waals surface area (Å²) in [6.45, 7) is 1.25.